The fourth-order valence-electron chi connectivity index (χ4n) is 5.30. The molecule has 2 aromatic heterocycles. The van der Waals surface area contributed by atoms with E-state index in [1.807, 2.05) is 6.07 Å². The summed E-state index contributed by atoms with van der Waals surface area (Å²) in [5.41, 5.74) is 2.45. The van der Waals surface area contributed by atoms with Gasteiger partial charge in [0.15, 0.2) is 5.82 Å². The number of anilines is 1. The summed E-state index contributed by atoms with van der Waals surface area (Å²) in [7, 11) is -0.985. The predicted molar refractivity (Wildman–Crippen MR) is 166 cm³/mol. The smallest absolute Gasteiger partial charge is 0.265 e. The monoisotopic (exact) mass is 616 g/mol. The van der Waals surface area contributed by atoms with Gasteiger partial charge in [0.1, 0.15) is 11.5 Å². The summed E-state index contributed by atoms with van der Waals surface area (Å²) in [4.78, 5) is 13.3. The van der Waals surface area contributed by atoms with E-state index in [2.05, 4.69) is 10.2 Å². The van der Waals surface area contributed by atoms with Gasteiger partial charge in [-0.3, -0.25) is 9.36 Å². The van der Waals surface area contributed by atoms with Crippen molar-refractivity contribution in [2.45, 2.75) is 36.6 Å². The van der Waals surface area contributed by atoms with Crippen LogP contribution in [0.1, 0.15) is 36.3 Å². The van der Waals surface area contributed by atoms with Gasteiger partial charge in [-0.05, 0) is 90.6 Å². The van der Waals surface area contributed by atoms with Crippen molar-refractivity contribution in [3.05, 3.63) is 112 Å². The lowest BCUT2D eigenvalue weighted by atomic mass is 9.80. The van der Waals surface area contributed by atoms with Crippen molar-refractivity contribution in [2.24, 2.45) is 0 Å². The van der Waals surface area contributed by atoms with Gasteiger partial charge in [0.2, 0.25) is 0 Å². The van der Waals surface area contributed by atoms with Crippen LogP contribution in [0.25, 0.3) is 16.6 Å². The van der Waals surface area contributed by atoms with Crippen LogP contribution in [0.3, 0.4) is 0 Å². The van der Waals surface area contributed by atoms with E-state index in [1.54, 1.807) is 74.9 Å². The van der Waals surface area contributed by atoms with Crippen LogP contribution in [0.4, 0.5) is 5.82 Å². The third kappa shape index (κ3) is 5.44. The van der Waals surface area contributed by atoms with Crippen LogP contribution in [0.15, 0.2) is 94.7 Å². The Bertz CT molecular complexity index is 1960. The van der Waals surface area contributed by atoms with E-state index in [4.69, 9.17) is 21.1 Å². The average Bonchev–Trinajstić information content (AvgIpc) is 3.00. The van der Waals surface area contributed by atoms with E-state index < -0.39 is 10.0 Å². The molecule has 0 N–H and O–H groups in total. The van der Waals surface area contributed by atoms with E-state index in [-0.39, 0.29) is 22.8 Å². The van der Waals surface area contributed by atoms with E-state index >= 15 is 0 Å². The summed E-state index contributed by atoms with van der Waals surface area (Å²) in [5.74, 6) is 1.73. The minimum atomic E-state index is -4.11. The average molecular weight is 617 g/mol. The molecule has 3 aromatic carbocycles. The fourth-order valence-corrected chi connectivity index (χ4v) is 7.05. The van der Waals surface area contributed by atoms with Gasteiger partial charge in [0, 0.05) is 22.7 Å². The predicted octanol–water partition coefficient (Wildman–Crippen LogP) is 6.11. The number of aromatic nitrogens is 3. The van der Waals surface area contributed by atoms with Crippen molar-refractivity contribution in [1.29, 1.82) is 0 Å². The van der Waals surface area contributed by atoms with Gasteiger partial charge >= 0.3 is 0 Å². The van der Waals surface area contributed by atoms with Gasteiger partial charge in [-0.15, -0.1) is 5.10 Å². The van der Waals surface area contributed by atoms with Crippen molar-refractivity contribution in [1.82, 2.24) is 14.8 Å². The number of hydrogen-bond donors (Lipinski definition) is 0. The first-order valence-corrected chi connectivity index (χ1v) is 15.6. The Kier molecular flexibility index (Phi) is 7.81. The first-order valence-electron chi connectivity index (χ1n) is 13.8. The lowest BCUT2D eigenvalue weighted by Gasteiger charge is -2.28. The quantitative estimate of drug-likeness (QED) is 0.197. The maximum atomic E-state index is 14.1. The molecule has 0 atom stereocenters. The Labute approximate surface area is 254 Å². The number of fused-ring (bicyclic) bond motifs is 1. The Hall–Kier alpha value is -4.41. The van der Waals surface area contributed by atoms with Gasteiger partial charge in [-0.2, -0.15) is 5.10 Å². The number of ether oxygens (including phenoxy) is 2. The van der Waals surface area contributed by atoms with Crippen molar-refractivity contribution in [2.75, 3.05) is 18.5 Å². The largest absolute Gasteiger partial charge is 0.497 e. The molecule has 0 aliphatic heterocycles. The number of halogens is 1. The zero-order valence-electron chi connectivity index (χ0n) is 23.6. The second kappa shape index (κ2) is 11.7. The van der Waals surface area contributed by atoms with Gasteiger partial charge < -0.3 is 9.47 Å². The van der Waals surface area contributed by atoms with Gasteiger partial charge in [0.05, 0.1) is 36.9 Å². The third-order valence-electron chi connectivity index (χ3n) is 7.84. The van der Waals surface area contributed by atoms with Crippen molar-refractivity contribution in [3.8, 4) is 17.2 Å². The number of methoxy groups -OCH3 is 2. The van der Waals surface area contributed by atoms with E-state index in [0.29, 0.717) is 39.0 Å². The zero-order valence-corrected chi connectivity index (χ0v) is 25.2. The van der Waals surface area contributed by atoms with Gasteiger partial charge in [0.25, 0.3) is 15.6 Å². The number of rotatable bonds is 9. The number of nitrogens with zero attached hydrogens (tertiary/aromatic N) is 4. The standard InChI is InChI=1S/C32H29ClN4O5S/c1-41-24-11-8-21(9-12-24)20-36(31-7-4-16-34-35-31)43(39,40)25-13-14-28-23(17-25)10-15-32(38)37(28)29-19-27(33)26(18-30(29)42-2)22-5-3-6-22/h4,7-19,22H,3,5-6,20H2,1-2H3. The number of hydrogen-bond acceptors (Lipinski definition) is 7. The van der Waals surface area contributed by atoms with Crippen LogP contribution < -0.4 is 19.3 Å². The summed E-state index contributed by atoms with van der Waals surface area (Å²) in [6, 6.07) is 21.7. The maximum Gasteiger partial charge on any atom is 0.265 e. The molecule has 1 fully saturated rings. The number of pyridine rings is 1. The van der Waals surface area contributed by atoms with E-state index in [9.17, 15) is 13.2 Å². The molecule has 6 rings (SSSR count). The first-order chi connectivity index (χ1) is 20.8. The van der Waals surface area contributed by atoms with Crippen LogP contribution in [-0.2, 0) is 16.6 Å². The highest BCUT2D eigenvalue weighted by molar-refractivity contribution is 7.92. The Morgan fingerprint density at radius 2 is 1.77 bits per heavy atom. The highest BCUT2D eigenvalue weighted by Crippen LogP contribution is 2.43. The highest BCUT2D eigenvalue weighted by atomic mass is 35.5. The molecule has 5 aromatic rings. The van der Waals surface area contributed by atoms with Crippen molar-refractivity contribution >= 4 is 38.3 Å². The third-order valence-corrected chi connectivity index (χ3v) is 9.91. The second-order valence-electron chi connectivity index (χ2n) is 10.3. The Morgan fingerprint density at radius 1 is 0.977 bits per heavy atom. The zero-order chi connectivity index (χ0) is 30.1. The van der Waals surface area contributed by atoms with Crippen molar-refractivity contribution < 1.29 is 17.9 Å². The van der Waals surface area contributed by atoms with Crippen LogP contribution in [-0.4, -0.2) is 37.4 Å². The normalized spacial score (nSPS) is 13.5. The molecule has 0 unspecified atom stereocenters. The first kappa shape index (κ1) is 28.7. The van der Waals surface area contributed by atoms with E-state index in [0.717, 1.165) is 30.4 Å². The van der Waals surface area contributed by atoms with Gasteiger partial charge in [-0.25, -0.2) is 12.7 Å². The number of benzene rings is 3. The molecule has 0 amide bonds. The summed E-state index contributed by atoms with van der Waals surface area (Å²) >= 11 is 6.71. The molecule has 1 saturated carbocycles. The molecule has 1 aliphatic rings. The van der Waals surface area contributed by atoms with E-state index in [1.165, 1.54) is 27.2 Å². The van der Waals surface area contributed by atoms with Crippen LogP contribution >= 0.6 is 11.6 Å². The molecular weight excluding hydrogens is 588 g/mol. The lowest BCUT2D eigenvalue weighted by Crippen LogP contribution is -2.31. The minimum Gasteiger partial charge on any atom is -0.497 e. The topological polar surface area (TPSA) is 104 Å². The molecule has 2 heterocycles. The second-order valence-corrected chi connectivity index (χ2v) is 12.6. The molecule has 0 radical (unpaired) electrons. The highest BCUT2D eigenvalue weighted by Gasteiger charge is 2.28. The van der Waals surface area contributed by atoms with Crippen LogP contribution in [0.5, 0.6) is 11.5 Å². The molecule has 43 heavy (non-hydrogen) atoms. The van der Waals surface area contributed by atoms with Crippen molar-refractivity contribution in [3.63, 3.8) is 0 Å². The fraction of sp³-hybridized carbons (Fsp3) is 0.219. The molecule has 220 valence electrons. The summed E-state index contributed by atoms with van der Waals surface area (Å²) in [6.45, 7) is 0.0194. The summed E-state index contributed by atoms with van der Waals surface area (Å²) < 4.78 is 41.9. The molecule has 0 saturated heterocycles. The minimum absolute atomic E-state index is 0.0194. The molecular formula is C32H29ClN4O5S. The maximum absolute atomic E-state index is 14.1. The molecule has 11 heteroatoms. The summed E-state index contributed by atoms with van der Waals surface area (Å²) in [5, 5.41) is 9.10. The Morgan fingerprint density at radius 3 is 2.42 bits per heavy atom. The molecule has 0 spiro atoms. The van der Waals surface area contributed by atoms with Crippen LogP contribution in [0, 0.1) is 0 Å². The Balaban J connectivity index is 1.44. The molecule has 9 nitrogen and oxygen atoms in total. The SMILES string of the molecule is COc1ccc(CN(c2cccnn2)S(=O)(=O)c2ccc3c(ccc(=O)n3-c3cc(Cl)c(C4CCC4)cc3OC)c2)cc1. The lowest BCUT2D eigenvalue weighted by molar-refractivity contribution is 0.401. The van der Waals surface area contributed by atoms with Gasteiger partial charge in [-0.1, -0.05) is 30.2 Å². The summed E-state index contributed by atoms with van der Waals surface area (Å²) in [6.07, 6.45) is 4.78. The van der Waals surface area contributed by atoms with Crippen LogP contribution in [0.2, 0.25) is 5.02 Å². The molecule has 1 aliphatic carbocycles. The molecule has 0 bridgehead atoms. The number of sulfonamides is 1.